The summed E-state index contributed by atoms with van der Waals surface area (Å²) < 4.78 is 0. The van der Waals surface area contributed by atoms with Crippen LogP contribution in [0.2, 0.25) is 0 Å². The van der Waals surface area contributed by atoms with E-state index in [1.54, 1.807) is 0 Å². The highest BCUT2D eigenvalue weighted by Crippen LogP contribution is 1.89. The predicted octanol–water partition coefficient (Wildman–Crippen LogP) is -1.67. The zero-order chi connectivity index (χ0) is 20.6. The highest BCUT2D eigenvalue weighted by molar-refractivity contribution is 5.90. The Kier molecular flexibility index (Phi) is 15.9. The second-order valence-electron chi connectivity index (χ2n) is 3.47. The molecule has 13 nitrogen and oxygen atoms in total. The summed E-state index contributed by atoms with van der Waals surface area (Å²) in [7, 11) is 0. The summed E-state index contributed by atoms with van der Waals surface area (Å²) in [6.07, 6.45) is -0.313. The van der Waals surface area contributed by atoms with Gasteiger partial charge in [-0.05, 0) is 0 Å². The maximum atomic E-state index is 9.72. The van der Waals surface area contributed by atoms with Crippen molar-refractivity contribution in [3.8, 4) is 0 Å². The molecule has 0 saturated carbocycles. The molecule has 0 spiro atoms. The van der Waals surface area contributed by atoms with E-state index < -0.39 is 48.3 Å². The number of carboxylic acids is 6. The van der Waals surface area contributed by atoms with Gasteiger partial charge in [-0.2, -0.15) is 0 Å². The van der Waals surface area contributed by atoms with Gasteiger partial charge in [0.25, 0.3) is 0 Å². The van der Waals surface area contributed by atoms with E-state index in [1.807, 2.05) is 0 Å². The maximum Gasteiger partial charge on any atom is 0.333 e. The van der Waals surface area contributed by atoms with Crippen molar-refractivity contribution in [2.75, 3.05) is 0 Å². The largest absolute Gasteiger partial charge is 0.481 e. The van der Waals surface area contributed by atoms with E-state index in [-0.39, 0.29) is 0 Å². The third kappa shape index (κ3) is 33.2. The summed E-state index contributed by atoms with van der Waals surface area (Å²) in [4.78, 5) is 57.6. The molecular weight excluding hydrogens is 352 g/mol. The molecule has 0 fully saturated rings. The molecule has 0 aliphatic heterocycles. The van der Waals surface area contributed by atoms with Crippen LogP contribution in [-0.4, -0.2) is 77.7 Å². The number of aliphatic hydroxyl groups is 1. The minimum Gasteiger partial charge on any atom is -0.481 e. The van der Waals surface area contributed by atoms with E-state index in [0.29, 0.717) is 24.3 Å². The van der Waals surface area contributed by atoms with Crippen LogP contribution in [-0.2, 0) is 28.8 Å². The van der Waals surface area contributed by atoms with Gasteiger partial charge in [0.05, 0.1) is 6.42 Å². The van der Waals surface area contributed by atoms with Gasteiger partial charge in [0, 0.05) is 24.3 Å². The standard InChI is InChI=1S/C4H6O5.2C4H4O4/c5-2(4(8)9)1-3(6)7;2*5-3(6)1-2-4(7)8/h2,5H,1H2,(H,6,7)(H,8,9);2*1-2H,(H,5,6)(H,7,8)/b;2-1+;2-1-. The van der Waals surface area contributed by atoms with E-state index in [0.717, 1.165) is 0 Å². The van der Waals surface area contributed by atoms with Crippen LogP contribution in [0.4, 0.5) is 0 Å². The monoisotopic (exact) mass is 366 g/mol. The third-order valence-electron chi connectivity index (χ3n) is 1.39. The smallest absolute Gasteiger partial charge is 0.333 e. The van der Waals surface area contributed by atoms with Gasteiger partial charge < -0.3 is 35.7 Å². The molecule has 0 radical (unpaired) electrons. The lowest BCUT2D eigenvalue weighted by Gasteiger charge is -1.97. The molecule has 0 bridgehead atoms. The number of carboxylic acid groups (broad SMARTS) is 6. The lowest BCUT2D eigenvalue weighted by Crippen LogP contribution is -2.22. The molecule has 13 heteroatoms. The molecule has 0 amide bonds. The summed E-state index contributed by atoms with van der Waals surface area (Å²) >= 11 is 0. The number of hydrogen-bond donors (Lipinski definition) is 7. The van der Waals surface area contributed by atoms with E-state index in [1.165, 1.54) is 0 Å². The number of aliphatic carboxylic acids is 6. The van der Waals surface area contributed by atoms with Gasteiger partial charge in [-0.15, -0.1) is 0 Å². The second kappa shape index (κ2) is 15.2. The van der Waals surface area contributed by atoms with Gasteiger partial charge in [0.1, 0.15) is 0 Å². The summed E-state index contributed by atoms with van der Waals surface area (Å²) in [5.41, 5.74) is 0. The summed E-state index contributed by atoms with van der Waals surface area (Å²) in [5.74, 6) is -7.87. The SMILES string of the molecule is O=C(O)/C=C/C(=O)O.O=C(O)/C=C\C(=O)O.O=C(O)CC(O)C(=O)O. The maximum absolute atomic E-state index is 9.72. The second-order valence-corrected chi connectivity index (χ2v) is 3.47. The highest BCUT2D eigenvalue weighted by Gasteiger charge is 2.16. The minimum absolute atomic E-state index is 0.558. The minimum atomic E-state index is -1.79. The Labute approximate surface area is 138 Å². The number of rotatable bonds is 7. The molecule has 0 aromatic heterocycles. The number of hydrogen-bond acceptors (Lipinski definition) is 7. The first kappa shape index (κ1) is 26.2. The Bertz CT molecular complexity index is 491. The first-order valence-corrected chi connectivity index (χ1v) is 5.70. The van der Waals surface area contributed by atoms with E-state index in [2.05, 4.69) is 0 Å². The fraction of sp³-hybridized carbons (Fsp3) is 0.167. The summed E-state index contributed by atoms with van der Waals surface area (Å²) in [6, 6.07) is 0. The van der Waals surface area contributed by atoms with Crippen LogP contribution in [0, 0.1) is 0 Å². The molecule has 0 saturated heterocycles. The lowest BCUT2D eigenvalue weighted by molar-refractivity contribution is -0.152. The Morgan fingerprint density at radius 2 is 0.840 bits per heavy atom. The van der Waals surface area contributed by atoms with Crippen LogP contribution < -0.4 is 0 Å². The quantitative estimate of drug-likeness (QED) is 0.249. The van der Waals surface area contributed by atoms with E-state index in [4.69, 9.17) is 35.7 Å². The van der Waals surface area contributed by atoms with Crippen molar-refractivity contribution in [3.05, 3.63) is 24.3 Å². The van der Waals surface area contributed by atoms with Crippen LogP contribution in [0.5, 0.6) is 0 Å². The molecule has 0 aromatic carbocycles. The van der Waals surface area contributed by atoms with Crippen LogP contribution in [0.1, 0.15) is 6.42 Å². The fourth-order valence-corrected chi connectivity index (χ4v) is 0.538. The molecule has 25 heavy (non-hydrogen) atoms. The van der Waals surface area contributed by atoms with Crippen LogP contribution >= 0.6 is 0 Å². The average molecular weight is 366 g/mol. The van der Waals surface area contributed by atoms with Gasteiger partial charge in [0.2, 0.25) is 0 Å². The van der Waals surface area contributed by atoms with Crippen molar-refractivity contribution >= 4 is 35.8 Å². The molecule has 1 atom stereocenters. The van der Waals surface area contributed by atoms with Gasteiger partial charge in [-0.3, -0.25) is 4.79 Å². The van der Waals surface area contributed by atoms with Gasteiger partial charge >= 0.3 is 35.8 Å². The lowest BCUT2D eigenvalue weighted by atomic mass is 10.3. The molecule has 0 heterocycles. The van der Waals surface area contributed by atoms with E-state index in [9.17, 15) is 28.8 Å². The van der Waals surface area contributed by atoms with Gasteiger partial charge in [0.15, 0.2) is 6.10 Å². The van der Waals surface area contributed by atoms with Crippen molar-refractivity contribution in [1.29, 1.82) is 0 Å². The van der Waals surface area contributed by atoms with Crippen LogP contribution in [0.15, 0.2) is 24.3 Å². The fourth-order valence-electron chi connectivity index (χ4n) is 0.538. The first-order chi connectivity index (χ1) is 11.3. The van der Waals surface area contributed by atoms with Crippen molar-refractivity contribution in [1.82, 2.24) is 0 Å². The zero-order valence-corrected chi connectivity index (χ0v) is 12.2. The molecular formula is C12H14O13. The predicted molar refractivity (Wildman–Crippen MR) is 74.7 cm³/mol. The van der Waals surface area contributed by atoms with Crippen molar-refractivity contribution in [2.45, 2.75) is 12.5 Å². The topological polar surface area (TPSA) is 244 Å². The Balaban J connectivity index is -0.000000291. The molecule has 0 aliphatic rings. The molecule has 140 valence electrons. The molecule has 7 N–H and O–H groups in total. The normalized spacial score (nSPS) is 10.6. The molecule has 0 aliphatic carbocycles. The van der Waals surface area contributed by atoms with Gasteiger partial charge in [-0.25, -0.2) is 24.0 Å². The van der Waals surface area contributed by atoms with E-state index >= 15 is 0 Å². The number of carbonyl (C=O) groups is 6. The molecule has 0 aromatic rings. The highest BCUT2D eigenvalue weighted by atomic mass is 16.4. The molecule has 1 unspecified atom stereocenters. The summed E-state index contributed by atoms with van der Waals surface area (Å²) in [5, 5.41) is 55.4. The Morgan fingerprint density at radius 3 is 0.920 bits per heavy atom. The Morgan fingerprint density at radius 1 is 0.600 bits per heavy atom. The van der Waals surface area contributed by atoms with Crippen LogP contribution in [0.3, 0.4) is 0 Å². The average Bonchev–Trinajstić information content (AvgIpc) is 2.43. The third-order valence-corrected chi connectivity index (χ3v) is 1.39. The van der Waals surface area contributed by atoms with Crippen molar-refractivity contribution in [3.63, 3.8) is 0 Å². The molecule has 0 rings (SSSR count). The van der Waals surface area contributed by atoms with Crippen molar-refractivity contribution < 1.29 is 64.5 Å². The van der Waals surface area contributed by atoms with Gasteiger partial charge in [-0.1, -0.05) is 0 Å². The Hall–Kier alpha value is -3.74. The van der Waals surface area contributed by atoms with Crippen molar-refractivity contribution in [2.24, 2.45) is 0 Å². The summed E-state index contributed by atoms with van der Waals surface area (Å²) in [6.45, 7) is 0. The first-order valence-electron chi connectivity index (χ1n) is 5.70. The number of aliphatic hydroxyl groups excluding tert-OH is 1. The zero-order valence-electron chi connectivity index (χ0n) is 12.2. The van der Waals surface area contributed by atoms with Crippen LogP contribution in [0.25, 0.3) is 0 Å².